The molecule has 2 N–H and O–H groups in total. The number of likely N-dealkylation sites (N-methyl/N-ethyl adjacent to an activating group) is 1. The predicted octanol–water partition coefficient (Wildman–Crippen LogP) is 1.71. The first-order valence-electron chi connectivity index (χ1n) is 6.63. The van der Waals surface area contributed by atoms with Gasteiger partial charge in [-0.2, -0.15) is 0 Å². The van der Waals surface area contributed by atoms with Crippen molar-refractivity contribution < 1.29 is 15.0 Å². The Morgan fingerprint density at radius 2 is 2.14 bits per heavy atom. The van der Waals surface area contributed by atoms with Crippen LogP contribution in [0.25, 0.3) is 0 Å². The molecule has 5 nitrogen and oxygen atoms in total. The van der Waals surface area contributed by atoms with Crippen molar-refractivity contribution in [3.05, 3.63) is 29.8 Å². The van der Waals surface area contributed by atoms with Crippen LogP contribution in [0.3, 0.4) is 0 Å². The number of aliphatic imine (C=N–C) groups is 1. The lowest BCUT2D eigenvalue weighted by Gasteiger charge is -2.24. The Hall–Kier alpha value is -1.18. The number of carbonyl (C=O) groups is 1. The van der Waals surface area contributed by atoms with Crippen molar-refractivity contribution in [3.63, 3.8) is 0 Å². The van der Waals surface area contributed by atoms with E-state index in [1.807, 2.05) is 24.1 Å². The van der Waals surface area contributed by atoms with Crippen LogP contribution in [-0.2, 0) is 4.79 Å². The van der Waals surface area contributed by atoms with Crippen LogP contribution < -0.4 is 0 Å². The largest absolute Gasteiger partial charge is 0.507 e. The molecule has 0 saturated carbocycles. The van der Waals surface area contributed by atoms with Crippen LogP contribution in [0.4, 0.5) is 0 Å². The van der Waals surface area contributed by atoms with Crippen molar-refractivity contribution in [2.75, 3.05) is 18.6 Å². The van der Waals surface area contributed by atoms with E-state index in [4.69, 9.17) is 4.99 Å². The number of aliphatic carboxylic acids is 1. The monoisotopic (exact) mass is 324 g/mol. The molecule has 3 rings (SSSR count). The summed E-state index contributed by atoms with van der Waals surface area (Å²) in [4.78, 5) is 17.8. The van der Waals surface area contributed by atoms with Crippen LogP contribution in [0.2, 0.25) is 0 Å². The highest BCUT2D eigenvalue weighted by molar-refractivity contribution is 8.14. The van der Waals surface area contributed by atoms with Gasteiger partial charge in [0.15, 0.2) is 0 Å². The van der Waals surface area contributed by atoms with E-state index >= 15 is 0 Å². The number of phenols is 1. The fraction of sp³-hybridized carbons (Fsp3) is 0.429. The summed E-state index contributed by atoms with van der Waals surface area (Å²) < 4.78 is 0. The number of nitrogens with zero attached hydrogens (tertiary/aromatic N) is 2. The quantitative estimate of drug-likeness (QED) is 0.882. The Balaban J connectivity index is 1.78. The zero-order chi connectivity index (χ0) is 15.0. The SMILES string of the molecule is CN1C([C@H]2CSC(c3ccccc3O)=N2)SC[C@H]1C(=O)O. The Kier molecular flexibility index (Phi) is 4.14. The van der Waals surface area contributed by atoms with Crippen LogP contribution in [0.5, 0.6) is 5.75 Å². The number of thioether (sulfide) groups is 2. The van der Waals surface area contributed by atoms with E-state index in [1.54, 1.807) is 35.7 Å². The zero-order valence-electron chi connectivity index (χ0n) is 11.5. The molecule has 1 unspecified atom stereocenters. The highest BCUT2D eigenvalue weighted by Gasteiger charge is 2.41. The molecule has 0 radical (unpaired) electrons. The lowest BCUT2D eigenvalue weighted by molar-refractivity contribution is -0.141. The minimum absolute atomic E-state index is 0.0592. The second-order valence-corrected chi connectivity index (χ2v) is 7.23. The molecule has 2 aliphatic heterocycles. The van der Waals surface area contributed by atoms with E-state index < -0.39 is 12.0 Å². The van der Waals surface area contributed by atoms with E-state index in [9.17, 15) is 15.0 Å². The molecule has 1 aromatic carbocycles. The van der Waals surface area contributed by atoms with Gasteiger partial charge in [0, 0.05) is 17.1 Å². The van der Waals surface area contributed by atoms with Gasteiger partial charge < -0.3 is 10.2 Å². The van der Waals surface area contributed by atoms with Crippen LogP contribution in [0, 0.1) is 0 Å². The number of hydrogen-bond donors (Lipinski definition) is 2. The van der Waals surface area contributed by atoms with Crippen molar-refractivity contribution in [1.82, 2.24) is 4.90 Å². The van der Waals surface area contributed by atoms with Crippen molar-refractivity contribution in [2.24, 2.45) is 4.99 Å². The smallest absolute Gasteiger partial charge is 0.321 e. The van der Waals surface area contributed by atoms with Gasteiger partial charge >= 0.3 is 5.97 Å². The van der Waals surface area contributed by atoms with Gasteiger partial charge in [-0.15, -0.1) is 23.5 Å². The molecule has 1 fully saturated rings. The highest BCUT2D eigenvalue weighted by Crippen LogP contribution is 2.37. The maximum Gasteiger partial charge on any atom is 0.321 e. The van der Waals surface area contributed by atoms with E-state index in [2.05, 4.69) is 0 Å². The fourth-order valence-corrected chi connectivity index (χ4v) is 5.33. The molecule has 0 aromatic heterocycles. The van der Waals surface area contributed by atoms with E-state index in [0.717, 1.165) is 16.4 Å². The molecule has 0 spiro atoms. The lowest BCUT2D eigenvalue weighted by Crippen LogP contribution is -2.42. The first-order valence-corrected chi connectivity index (χ1v) is 8.66. The number of phenolic OH excluding ortho intramolecular Hbond substituents is 1. The fourth-order valence-electron chi connectivity index (χ4n) is 2.57. The van der Waals surface area contributed by atoms with Gasteiger partial charge in [0.05, 0.1) is 11.4 Å². The molecular weight excluding hydrogens is 308 g/mol. The number of hydrogen-bond acceptors (Lipinski definition) is 6. The van der Waals surface area contributed by atoms with Crippen LogP contribution in [0.1, 0.15) is 5.56 Å². The molecule has 21 heavy (non-hydrogen) atoms. The second kappa shape index (κ2) is 5.90. The van der Waals surface area contributed by atoms with Crippen molar-refractivity contribution in [2.45, 2.75) is 17.5 Å². The topological polar surface area (TPSA) is 73.1 Å². The average Bonchev–Trinajstić information content (AvgIpc) is 3.05. The van der Waals surface area contributed by atoms with E-state index in [1.165, 1.54) is 0 Å². The van der Waals surface area contributed by atoms with E-state index in [-0.39, 0.29) is 17.2 Å². The predicted molar refractivity (Wildman–Crippen MR) is 86.3 cm³/mol. The minimum atomic E-state index is -0.775. The summed E-state index contributed by atoms with van der Waals surface area (Å²) >= 11 is 3.27. The molecule has 7 heteroatoms. The number of carboxylic acids is 1. The summed E-state index contributed by atoms with van der Waals surface area (Å²) in [5.41, 5.74) is 0.755. The van der Waals surface area contributed by atoms with Gasteiger partial charge in [0.2, 0.25) is 0 Å². The van der Waals surface area contributed by atoms with Crippen LogP contribution >= 0.6 is 23.5 Å². The third-order valence-corrected chi connectivity index (χ3v) is 6.34. The van der Waals surface area contributed by atoms with E-state index in [0.29, 0.717) is 5.75 Å². The zero-order valence-corrected chi connectivity index (χ0v) is 13.1. The number of rotatable bonds is 3. The maximum absolute atomic E-state index is 11.2. The lowest BCUT2D eigenvalue weighted by atomic mass is 10.2. The summed E-state index contributed by atoms with van der Waals surface area (Å²) in [7, 11) is 1.85. The standard InChI is InChI=1S/C14H16N2O3S2/c1-16-10(14(18)19)7-21-13(16)9-6-20-12(15-9)8-4-2-3-5-11(8)17/h2-5,9-10,13,17H,6-7H2,1H3,(H,18,19)/t9-,10+,13?/m1/s1. The number of para-hydroxylation sites is 1. The minimum Gasteiger partial charge on any atom is -0.507 e. The Morgan fingerprint density at radius 1 is 1.38 bits per heavy atom. The normalized spacial score (nSPS) is 29.6. The molecule has 3 atom stereocenters. The maximum atomic E-state index is 11.2. The third kappa shape index (κ3) is 2.77. The van der Waals surface area contributed by atoms with Crippen LogP contribution in [-0.4, -0.2) is 62.1 Å². The molecule has 0 amide bonds. The van der Waals surface area contributed by atoms with Gasteiger partial charge in [-0.25, -0.2) is 0 Å². The first-order chi connectivity index (χ1) is 10.1. The number of carboxylic acid groups (broad SMARTS) is 1. The van der Waals surface area contributed by atoms with Gasteiger partial charge in [-0.1, -0.05) is 12.1 Å². The third-order valence-electron chi connectivity index (χ3n) is 3.74. The molecule has 1 aromatic rings. The summed E-state index contributed by atoms with van der Waals surface area (Å²) in [6.45, 7) is 0. The first kappa shape index (κ1) is 14.7. The van der Waals surface area contributed by atoms with Crippen LogP contribution in [0.15, 0.2) is 29.3 Å². The van der Waals surface area contributed by atoms with Gasteiger partial charge in [0.25, 0.3) is 0 Å². The summed E-state index contributed by atoms with van der Waals surface area (Å²) in [5.74, 6) is 0.875. The summed E-state index contributed by atoms with van der Waals surface area (Å²) in [6.07, 6.45) is 0. The molecule has 1 saturated heterocycles. The molecule has 0 bridgehead atoms. The summed E-state index contributed by atoms with van der Waals surface area (Å²) in [6, 6.07) is 6.80. The van der Waals surface area contributed by atoms with Gasteiger partial charge in [-0.05, 0) is 19.2 Å². The van der Waals surface area contributed by atoms with Gasteiger partial charge in [-0.3, -0.25) is 14.7 Å². The average molecular weight is 324 g/mol. The second-order valence-electron chi connectivity index (χ2n) is 5.07. The molecular formula is C14H16N2O3S2. The van der Waals surface area contributed by atoms with Crippen molar-refractivity contribution in [1.29, 1.82) is 0 Å². The summed E-state index contributed by atoms with van der Waals surface area (Å²) in [5, 5.41) is 20.0. The highest BCUT2D eigenvalue weighted by atomic mass is 32.2. The number of aromatic hydroxyl groups is 1. The Labute approximate surface area is 131 Å². The molecule has 2 aliphatic rings. The molecule has 0 aliphatic carbocycles. The van der Waals surface area contributed by atoms with Crippen molar-refractivity contribution >= 4 is 34.5 Å². The van der Waals surface area contributed by atoms with Gasteiger partial charge in [0.1, 0.15) is 16.8 Å². The molecule has 2 heterocycles. The van der Waals surface area contributed by atoms with Crippen molar-refractivity contribution in [3.8, 4) is 5.75 Å². The Bertz CT molecular complexity index is 593. The Morgan fingerprint density at radius 3 is 2.81 bits per heavy atom. The molecule has 112 valence electrons. The number of benzene rings is 1.